The van der Waals surface area contributed by atoms with E-state index in [1.54, 1.807) is 30.6 Å². The van der Waals surface area contributed by atoms with E-state index in [2.05, 4.69) is 15.6 Å². The van der Waals surface area contributed by atoms with Gasteiger partial charge in [0, 0.05) is 23.8 Å². The Kier molecular flexibility index (Phi) is 4.60. The summed E-state index contributed by atoms with van der Waals surface area (Å²) in [6.07, 6.45) is 3.90. The Hall–Kier alpha value is -3.18. The zero-order valence-corrected chi connectivity index (χ0v) is 15.0. The van der Waals surface area contributed by atoms with Gasteiger partial charge in [-0.2, -0.15) is 0 Å². The van der Waals surface area contributed by atoms with Crippen LogP contribution in [0.15, 0.2) is 67.0 Å². The maximum atomic E-state index is 12.5. The molecule has 6 heteroatoms. The van der Waals surface area contributed by atoms with Crippen LogP contribution in [0.25, 0.3) is 11.1 Å². The Balaban J connectivity index is 1.53. The number of pyridine rings is 1. The SMILES string of the molecule is O=C1NC(Cc2ccc(-c3ccncc3)cc2)C(=O)Nc2ccc(Cl)cc21. The van der Waals surface area contributed by atoms with Crippen molar-refractivity contribution in [3.8, 4) is 11.1 Å². The van der Waals surface area contributed by atoms with Crippen LogP contribution in [-0.2, 0) is 11.2 Å². The Morgan fingerprint density at radius 1 is 0.926 bits per heavy atom. The molecule has 0 spiro atoms. The van der Waals surface area contributed by atoms with Gasteiger partial charge in [-0.1, -0.05) is 35.9 Å². The summed E-state index contributed by atoms with van der Waals surface area (Å²) in [5.74, 6) is -0.563. The first-order valence-corrected chi connectivity index (χ1v) is 8.88. The molecule has 2 N–H and O–H groups in total. The molecule has 2 aromatic carbocycles. The van der Waals surface area contributed by atoms with Gasteiger partial charge < -0.3 is 10.6 Å². The molecule has 5 nitrogen and oxygen atoms in total. The number of carbonyl (C=O) groups is 2. The number of aromatic nitrogens is 1. The first-order valence-electron chi connectivity index (χ1n) is 8.51. The molecule has 0 saturated heterocycles. The molecule has 4 rings (SSSR count). The number of halogens is 1. The summed E-state index contributed by atoms with van der Waals surface area (Å²) in [7, 11) is 0. The minimum Gasteiger partial charge on any atom is -0.340 e. The van der Waals surface area contributed by atoms with Gasteiger partial charge in [0.25, 0.3) is 5.91 Å². The Morgan fingerprint density at radius 2 is 1.63 bits per heavy atom. The second-order valence-corrected chi connectivity index (χ2v) is 6.78. The Morgan fingerprint density at radius 3 is 2.37 bits per heavy atom. The van der Waals surface area contributed by atoms with Crippen LogP contribution in [0.1, 0.15) is 15.9 Å². The molecule has 1 aliphatic rings. The number of hydrogen-bond donors (Lipinski definition) is 2. The maximum Gasteiger partial charge on any atom is 0.254 e. The molecular formula is C21H16ClN3O2. The third-order valence-corrected chi connectivity index (χ3v) is 4.75. The van der Waals surface area contributed by atoms with E-state index >= 15 is 0 Å². The van der Waals surface area contributed by atoms with E-state index in [-0.39, 0.29) is 11.8 Å². The van der Waals surface area contributed by atoms with Crippen molar-refractivity contribution in [3.05, 3.63) is 83.1 Å². The first-order chi connectivity index (χ1) is 13.1. The van der Waals surface area contributed by atoms with Gasteiger partial charge in [-0.3, -0.25) is 14.6 Å². The van der Waals surface area contributed by atoms with Gasteiger partial charge in [0.2, 0.25) is 5.91 Å². The van der Waals surface area contributed by atoms with Crippen molar-refractivity contribution in [2.45, 2.75) is 12.5 Å². The predicted molar refractivity (Wildman–Crippen MR) is 105 cm³/mol. The fourth-order valence-corrected chi connectivity index (χ4v) is 3.26. The summed E-state index contributed by atoms with van der Waals surface area (Å²) in [4.78, 5) is 29.0. The van der Waals surface area contributed by atoms with Crippen LogP contribution >= 0.6 is 11.6 Å². The molecule has 1 aliphatic heterocycles. The lowest BCUT2D eigenvalue weighted by molar-refractivity contribution is -0.117. The monoisotopic (exact) mass is 377 g/mol. The van der Waals surface area contributed by atoms with Gasteiger partial charge in [-0.25, -0.2) is 0 Å². The summed E-state index contributed by atoms with van der Waals surface area (Å²) in [6, 6.07) is 16.0. The summed E-state index contributed by atoms with van der Waals surface area (Å²) >= 11 is 5.97. The lowest BCUT2D eigenvalue weighted by atomic mass is 10.0. The summed E-state index contributed by atoms with van der Waals surface area (Å²) < 4.78 is 0. The van der Waals surface area contributed by atoms with E-state index < -0.39 is 6.04 Å². The van der Waals surface area contributed by atoms with Crippen molar-refractivity contribution in [1.82, 2.24) is 10.3 Å². The molecule has 1 unspecified atom stereocenters. The highest BCUT2D eigenvalue weighted by Gasteiger charge is 2.28. The first kappa shape index (κ1) is 17.2. The predicted octanol–water partition coefficient (Wildman–Crippen LogP) is 3.70. The highest BCUT2D eigenvalue weighted by molar-refractivity contribution is 6.31. The zero-order chi connectivity index (χ0) is 18.8. The highest BCUT2D eigenvalue weighted by Crippen LogP contribution is 2.24. The van der Waals surface area contributed by atoms with E-state index in [0.717, 1.165) is 16.7 Å². The molecule has 0 radical (unpaired) electrons. The zero-order valence-electron chi connectivity index (χ0n) is 14.3. The molecule has 27 heavy (non-hydrogen) atoms. The maximum absolute atomic E-state index is 12.5. The minimum atomic E-state index is -0.657. The van der Waals surface area contributed by atoms with Gasteiger partial charge in [-0.15, -0.1) is 0 Å². The quantitative estimate of drug-likeness (QED) is 0.731. The summed E-state index contributed by atoms with van der Waals surface area (Å²) in [5, 5.41) is 6.04. The van der Waals surface area contributed by atoms with E-state index in [1.807, 2.05) is 36.4 Å². The van der Waals surface area contributed by atoms with Crippen molar-refractivity contribution in [2.24, 2.45) is 0 Å². The third-order valence-electron chi connectivity index (χ3n) is 4.51. The van der Waals surface area contributed by atoms with Crippen LogP contribution in [0, 0.1) is 0 Å². The van der Waals surface area contributed by atoms with Crippen molar-refractivity contribution >= 4 is 29.1 Å². The second-order valence-electron chi connectivity index (χ2n) is 6.34. The molecule has 0 saturated carbocycles. The number of anilines is 1. The number of rotatable bonds is 3. The second kappa shape index (κ2) is 7.21. The van der Waals surface area contributed by atoms with Gasteiger partial charge >= 0.3 is 0 Å². The van der Waals surface area contributed by atoms with Crippen LogP contribution in [-0.4, -0.2) is 22.8 Å². The summed E-state index contributed by atoms with van der Waals surface area (Å²) in [6.45, 7) is 0. The standard InChI is InChI=1S/C21H16ClN3O2/c22-16-5-6-18-17(12-16)20(26)25-19(21(27)24-18)11-13-1-3-14(4-2-13)15-7-9-23-10-8-15/h1-10,12,19H,11H2,(H,24,27)(H,25,26). The lowest BCUT2D eigenvalue weighted by Crippen LogP contribution is -2.42. The molecule has 0 aliphatic carbocycles. The number of amides is 2. The Labute approximate surface area is 161 Å². The van der Waals surface area contributed by atoms with E-state index in [4.69, 9.17) is 11.6 Å². The van der Waals surface area contributed by atoms with Gasteiger partial charge in [0.1, 0.15) is 6.04 Å². The average Bonchev–Trinajstić information content (AvgIpc) is 2.80. The van der Waals surface area contributed by atoms with Gasteiger partial charge in [0.15, 0.2) is 0 Å². The number of hydrogen-bond acceptors (Lipinski definition) is 3. The molecule has 3 aromatic rings. The normalized spacial score (nSPS) is 16.1. The fourth-order valence-electron chi connectivity index (χ4n) is 3.09. The molecule has 2 amide bonds. The average molecular weight is 378 g/mol. The van der Waals surface area contributed by atoms with Gasteiger partial charge in [0.05, 0.1) is 11.3 Å². The molecule has 0 bridgehead atoms. The molecule has 2 heterocycles. The van der Waals surface area contributed by atoms with Crippen LogP contribution in [0.3, 0.4) is 0 Å². The van der Waals surface area contributed by atoms with Crippen molar-refractivity contribution in [3.63, 3.8) is 0 Å². The molecule has 1 atom stereocenters. The topological polar surface area (TPSA) is 71.1 Å². The molecule has 0 fully saturated rings. The molecule has 134 valence electrons. The van der Waals surface area contributed by atoms with Crippen molar-refractivity contribution in [2.75, 3.05) is 5.32 Å². The van der Waals surface area contributed by atoms with Crippen LogP contribution in [0.4, 0.5) is 5.69 Å². The third kappa shape index (κ3) is 3.68. The lowest BCUT2D eigenvalue weighted by Gasteiger charge is -2.15. The largest absolute Gasteiger partial charge is 0.340 e. The molecule has 1 aromatic heterocycles. The number of nitrogens with zero attached hydrogens (tertiary/aromatic N) is 1. The Bertz CT molecular complexity index is 1000. The van der Waals surface area contributed by atoms with E-state index in [0.29, 0.717) is 22.7 Å². The fraction of sp³-hybridized carbons (Fsp3) is 0.0952. The highest BCUT2D eigenvalue weighted by atomic mass is 35.5. The number of benzene rings is 2. The van der Waals surface area contributed by atoms with Crippen LogP contribution in [0.5, 0.6) is 0 Å². The van der Waals surface area contributed by atoms with Crippen molar-refractivity contribution in [1.29, 1.82) is 0 Å². The number of carbonyl (C=O) groups excluding carboxylic acids is 2. The van der Waals surface area contributed by atoms with E-state index in [1.165, 1.54) is 0 Å². The number of nitrogens with one attached hydrogen (secondary N) is 2. The van der Waals surface area contributed by atoms with Crippen LogP contribution in [0.2, 0.25) is 5.02 Å². The van der Waals surface area contributed by atoms with Gasteiger partial charge in [-0.05, 0) is 47.0 Å². The van der Waals surface area contributed by atoms with E-state index in [9.17, 15) is 9.59 Å². The van der Waals surface area contributed by atoms with Crippen molar-refractivity contribution < 1.29 is 9.59 Å². The minimum absolute atomic E-state index is 0.248. The summed E-state index contributed by atoms with van der Waals surface area (Å²) in [5.41, 5.74) is 3.93. The van der Waals surface area contributed by atoms with Crippen LogP contribution < -0.4 is 10.6 Å². The number of fused-ring (bicyclic) bond motifs is 1. The molecular weight excluding hydrogens is 362 g/mol. The smallest absolute Gasteiger partial charge is 0.254 e.